The van der Waals surface area contributed by atoms with Crippen molar-refractivity contribution in [3.8, 4) is 0 Å². The Morgan fingerprint density at radius 1 is 1.33 bits per heavy atom. The van der Waals surface area contributed by atoms with E-state index in [1.54, 1.807) is 11.8 Å². The average molecular weight is 264 g/mol. The number of para-hydroxylation sites is 2. The highest BCUT2D eigenvalue weighted by Gasteiger charge is 2.16. The lowest BCUT2D eigenvalue weighted by Gasteiger charge is -2.07. The van der Waals surface area contributed by atoms with E-state index in [4.69, 9.17) is 9.47 Å². The first kappa shape index (κ1) is 12.0. The topological polar surface area (TPSA) is 36.3 Å². The molecule has 4 nitrogen and oxygen atoms in total. The first-order valence-corrected chi connectivity index (χ1v) is 7.10. The number of thioether (sulfide) groups is 1. The molecule has 18 heavy (non-hydrogen) atoms. The second-order valence-electron chi connectivity index (χ2n) is 4.25. The van der Waals surface area contributed by atoms with E-state index in [-0.39, 0.29) is 6.29 Å². The number of hydrogen-bond donors (Lipinski definition) is 0. The van der Waals surface area contributed by atoms with Crippen LogP contribution in [0.2, 0.25) is 0 Å². The third-order valence-corrected chi connectivity index (χ3v) is 4.08. The summed E-state index contributed by atoms with van der Waals surface area (Å²) >= 11 is 1.75. The SMILES string of the molecule is Cn1c(SCCC2OCCO2)nc2ccccc21. The Labute approximate surface area is 110 Å². The minimum atomic E-state index is -0.0211. The van der Waals surface area contributed by atoms with Crippen molar-refractivity contribution in [1.82, 2.24) is 9.55 Å². The lowest BCUT2D eigenvalue weighted by Crippen LogP contribution is -2.08. The Balaban J connectivity index is 1.65. The average Bonchev–Trinajstić information content (AvgIpc) is 3.00. The lowest BCUT2D eigenvalue weighted by atomic mass is 10.3. The maximum Gasteiger partial charge on any atom is 0.168 e. The van der Waals surface area contributed by atoms with E-state index < -0.39 is 0 Å². The molecule has 1 aromatic heterocycles. The molecule has 1 saturated heterocycles. The van der Waals surface area contributed by atoms with E-state index in [0.717, 1.165) is 36.1 Å². The van der Waals surface area contributed by atoms with Gasteiger partial charge in [0.2, 0.25) is 0 Å². The molecule has 1 aliphatic heterocycles. The normalized spacial score (nSPS) is 16.7. The van der Waals surface area contributed by atoms with Gasteiger partial charge in [-0.25, -0.2) is 4.98 Å². The molecule has 1 fully saturated rings. The highest BCUT2D eigenvalue weighted by molar-refractivity contribution is 7.99. The van der Waals surface area contributed by atoms with Crippen molar-refractivity contribution < 1.29 is 9.47 Å². The number of aromatic nitrogens is 2. The van der Waals surface area contributed by atoms with Crippen LogP contribution in [0.15, 0.2) is 29.4 Å². The van der Waals surface area contributed by atoms with Gasteiger partial charge in [-0.1, -0.05) is 23.9 Å². The summed E-state index contributed by atoms with van der Waals surface area (Å²) in [6.45, 7) is 1.45. The minimum absolute atomic E-state index is 0.0211. The Hall–Kier alpha value is -1.04. The molecule has 0 saturated carbocycles. The van der Waals surface area contributed by atoms with Crippen LogP contribution in [0.4, 0.5) is 0 Å². The van der Waals surface area contributed by atoms with Crippen LogP contribution in [0.25, 0.3) is 11.0 Å². The molecule has 0 bridgehead atoms. The maximum absolute atomic E-state index is 5.42. The standard InChI is InChI=1S/C13H16N2O2S/c1-15-11-5-3-2-4-10(11)14-13(15)18-9-6-12-16-7-8-17-12/h2-5,12H,6-9H2,1H3. The molecule has 0 unspecified atom stereocenters. The zero-order valence-electron chi connectivity index (χ0n) is 10.3. The first-order chi connectivity index (χ1) is 8.84. The van der Waals surface area contributed by atoms with Gasteiger partial charge in [-0.2, -0.15) is 0 Å². The number of imidazole rings is 1. The van der Waals surface area contributed by atoms with Gasteiger partial charge in [0.15, 0.2) is 11.4 Å². The van der Waals surface area contributed by atoms with Crippen molar-refractivity contribution in [3.63, 3.8) is 0 Å². The third kappa shape index (κ3) is 2.39. The van der Waals surface area contributed by atoms with Crippen LogP contribution in [0, 0.1) is 0 Å². The molecule has 96 valence electrons. The van der Waals surface area contributed by atoms with Crippen LogP contribution in [0.1, 0.15) is 6.42 Å². The smallest absolute Gasteiger partial charge is 0.168 e. The molecule has 0 atom stereocenters. The molecular formula is C13H16N2O2S. The van der Waals surface area contributed by atoms with Crippen molar-refractivity contribution >= 4 is 22.8 Å². The fraction of sp³-hybridized carbons (Fsp3) is 0.462. The largest absolute Gasteiger partial charge is 0.350 e. The van der Waals surface area contributed by atoms with Crippen molar-refractivity contribution in [3.05, 3.63) is 24.3 Å². The molecule has 2 heterocycles. The third-order valence-electron chi connectivity index (χ3n) is 3.02. The Bertz CT molecular complexity index is 535. The van der Waals surface area contributed by atoms with E-state index in [1.165, 1.54) is 5.52 Å². The van der Waals surface area contributed by atoms with Gasteiger partial charge in [0.25, 0.3) is 0 Å². The van der Waals surface area contributed by atoms with Gasteiger partial charge >= 0.3 is 0 Å². The number of ether oxygens (including phenoxy) is 2. The minimum Gasteiger partial charge on any atom is -0.350 e. The van der Waals surface area contributed by atoms with Crippen LogP contribution < -0.4 is 0 Å². The Morgan fingerprint density at radius 3 is 2.89 bits per heavy atom. The van der Waals surface area contributed by atoms with Crippen molar-refractivity contribution in [1.29, 1.82) is 0 Å². The molecule has 0 amide bonds. The van der Waals surface area contributed by atoms with Gasteiger partial charge in [-0.3, -0.25) is 0 Å². The molecule has 3 rings (SSSR count). The summed E-state index contributed by atoms with van der Waals surface area (Å²) in [4.78, 5) is 4.62. The first-order valence-electron chi connectivity index (χ1n) is 6.12. The highest BCUT2D eigenvalue weighted by Crippen LogP contribution is 2.24. The van der Waals surface area contributed by atoms with Gasteiger partial charge in [0, 0.05) is 19.2 Å². The second kappa shape index (κ2) is 5.30. The van der Waals surface area contributed by atoms with E-state index >= 15 is 0 Å². The molecule has 1 aliphatic rings. The zero-order chi connectivity index (χ0) is 12.4. The molecule has 0 spiro atoms. The second-order valence-corrected chi connectivity index (χ2v) is 5.31. The molecule has 0 aliphatic carbocycles. The lowest BCUT2D eigenvalue weighted by molar-refractivity contribution is -0.0421. The molecular weight excluding hydrogens is 248 g/mol. The summed E-state index contributed by atoms with van der Waals surface area (Å²) in [6.07, 6.45) is 0.889. The number of hydrogen-bond acceptors (Lipinski definition) is 4. The van der Waals surface area contributed by atoms with Crippen molar-refractivity contribution in [2.24, 2.45) is 7.05 Å². The fourth-order valence-electron chi connectivity index (χ4n) is 2.07. The van der Waals surface area contributed by atoms with Crippen LogP contribution >= 0.6 is 11.8 Å². The fourth-order valence-corrected chi connectivity index (χ4v) is 3.02. The predicted molar refractivity (Wildman–Crippen MR) is 71.7 cm³/mol. The summed E-state index contributed by atoms with van der Waals surface area (Å²) in [5.74, 6) is 0.960. The van der Waals surface area contributed by atoms with Crippen LogP contribution in [0.5, 0.6) is 0 Å². The summed E-state index contributed by atoms with van der Waals surface area (Å²) in [5.41, 5.74) is 2.23. The van der Waals surface area contributed by atoms with Gasteiger partial charge in [-0.05, 0) is 12.1 Å². The predicted octanol–water partition coefficient (Wildman–Crippen LogP) is 2.43. The summed E-state index contributed by atoms with van der Waals surface area (Å²) < 4.78 is 13.0. The van der Waals surface area contributed by atoms with Crippen molar-refractivity contribution in [2.75, 3.05) is 19.0 Å². The number of fused-ring (bicyclic) bond motifs is 1. The molecule has 2 aromatic rings. The van der Waals surface area contributed by atoms with Crippen LogP contribution in [-0.2, 0) is 16.5 Å². The van der Waals surface area contributed by atoms with E-state index in [0.29, 0.717) is 0 Å². The number of benzene rings is 1. The van der Waals surface area contributed by atoms with Crippen molar-refractivity contribution in [2.45, 2.75) is 17.9 Å². The quantitative estimate of drug-likeness (QED) is 0.795. The molecule has 5 heteroatoms. The number of aryl methyl sites for hydroxylation is 1. The monoisotopic (exact) mass is 264 g/mol. The maximum atomic E-state index is 5.42. The van der Waals surface area contributed by atoms with Gasteiger partial charge < -0.3 is 14.0 Å². The Morgan fingerprint density at radius 2 is 2.11 bits per heavy atom. The Kier molecular flexibility index (Phi) is 3.54. The van der Waals surface area contributed by atoms with E-state index in [1.807, 2.05) is 18.2 Å². The summed E-state index contributed by atoms with van der Waals surface area (Å²) in [6, 6.07) is 8.20. The molecule has 0 radical (unpaired) electrons. The van der Waals surface area contributed by atoms with Crippen LogP contribution in [-0.4, -0.2) is 34.8 Å². The van der Waals surface area contributed by atoms with Gasteiger partial charge in [0.05, 0.1) is 24.2 Å². The highest BCUT2D eigenvalue weighted by atomic mass is 32.2. The summed E-state index contributed by atoms with van der Waals surface area (Å²) in [5, 5.41) is 1.05. The van der Waals surface area contributed by atoms with Crippen LogP contribution in [0.3, 0.4) is 0 Å². The molecule has 1 aromatic carbocycles. The van der Waals surface area contributed by atoms with Gasteiger partial charge in [-0.15, -0.1) is 0 Å². The number of nitrogens with zero attached hydrogens (tertiary/aromatic N) is 2. The zero-order valence-corrected chi connectivity index (χ0v) is 11.2. The van der Waals surface area contributed by atoms with E-state index in [9.17, 15) is 0 Å². The summed E-state index contributed by atoms with van der Waals surface area (Å²) in [7, 11) is 2.06. The number of rotatable bonds is 4. The van der Waals surface area contributed by atoms with Gasteiger partial charge in [0.1, 0.15) is 0 Å². The molecule has 0 N–H and O–H groups in total. The van der Waals surface area contributed by atoms with E-state index in [2.05, 4.69) is 22.7 Å².